The van der Waals surface area contributed by atoms with Gasteiger partial charge in [-0.2, -0.15) is 5.10 Å². The fourth-order valence-electron chi connectivity index (χ4n) is 3.65. The van der Waals surface area contributed by atoms with Crippen molar-refractivity contribution in [3.8, 4) is 11.3 Å². The number of carbonyl (C=O) groups is 1. The van der Waals surface area contributed by atoms with Gasteiger partial charge in [-0.3, -0.25) is 9.89 Å². The number of aromatic nitrogens is 2. The lowest BCUT2D eigenvalue weighted by Gasteiger charge is -2.19. The van der Waals surface area contributed by atoms with Gasteiger partial charge in [0.05, 0.1) is 18.0 Å². The highest BCUT2D eigenvalue weighted by molar-refractivity contribution is 5.95. The molecule has 0 unspecified atom stereocenters. The van der Waals surface area contributed by atoms with E-state index in [0.717, 1.165) is 49.1 Å². The minimum absolute atomic E-state index is 0.0122. The number of rotatable bonds is 3. The highest BCUT2D eigenvalue weighted by Gasteiger charge is 2.22. The van der Waals surface area contributed by atoms with E-state index in [-0.39, 0.29) is 12.0 Å². The Kier molecular flexibility index (Phi) is 3.65. The first-order valence-corrected chi connectivity index (χ1v) is 8.28. The number of hydrogen-bond donors (Lipinski definition) is 2. The van der Waals surface area contributed by atoms with Gasteiger partial charge in [-0.1, -0.05) is 0 Å². The van der Waals surface area contributed by atoms with Gasteiger partial charge in [0.25, 0.3) is 5.91 Å². The van der Waals surface area contributed by atoms with Crippen molar-refractivity contribution in [1.82, 2.24) is 15.5 Å². The Labute approximate surface area is 135 Å². The maximum absolute atomic E-state index is 12.4. The SMILES string of the molecule is Cc1cc(C(=O)NC[C@@H]2CCCO2)cc2c1-c1[nH]ncc1CC2. The molecule has 1 saturated heterocycles. The molecule has 2 aliphatic rings. The molecule has 2 aromatic rings. The first-order chi connectivity index (χ1) is 11.2. The fraction of sp³-hybridized carbons (Fsp3) is 0.444. The van der Waals surface area contributed by atoms with Crippen LogP contribution < -0.4 is 5.32 Å². The minimum Gasteiger partial charge on any atom is -0.376 e. The molecule has 0 bridgehead atoms. The molecule has 23 heavy (non-hydrogen) atoms. The van der Waals surface area contributed by atoms with Crippen molar-refractivity contribution in [2.45, 2.75) is 38.7 Å². The molecule has 1 fully saturated rings. The van der Waals surface area contributed by atoms with E-state index >= 15 is 0 Å². The molecule has 1 atom stereocenters. The molecule has 1 aromatic carbocycles. The Hall–Kier alpha value is -2.14. The first-order valence-electron chi connectivity index (χ1n) is 8.28. The number of aryl methyl sites for hydroxylation is 3. The zero-order chi connectivity index (χ0) is 15.8. The van der Waals surface area contributed by atoms with E-state index in [1.54, 1.807) is 0 Å². The quantitative estimate of drug-likeness (QED) is 0.914. The molecule has 5 nitrogen and oxygen atoms in total. The van der Waals surface area contributed by atoms with E-state index in [1.807, 2.05) is 18.3 Å². The van der Waals surface area contributed by atoms with Crippen molar-refractivity contribution in [3.05, 3.63) is 40.6 Å². The van der Waals surface area contributed by atoms with E-state index in [0.29, 0.717) is 6.54 Å². The average molecular weight is 311 g/mol. The minimum atomic E-state index is -0.0122. The normalized spacial score (nSPS) is 19.3. The van der Waals surface area contributed by atoms with Crippen LogP contribution in [0.3, 0.4) is 0 Å². The van der Waals surface area contributed by atoms with Gasteiger partial charge >= 0.3 is 0 Å². The number of H-pyrrole nitrogens is 1. The monoisotopic (exact) mass is 311 g/mol. The first kappa shape index (κ1) is 14.5. The van der Waals surface area contributed by atoms with Crippen molar-refractivity contribution >= 4 is 5.91 Å². The highest BCUT2D eigenvalue weighted by atomic mass is 16.5. The van der Waals surface area contributed by atoms with Crippen molar-refractivity contribution in [3.63, 3.8) is 0 Å². The molecular formula is C18H21N3O2. The molecule has 2 N–H and O–H groups in total. The number of amides is 1. The molecule has 1 aliphatic heterocycles. The lowest BCUT2D eigenvalue weighted by Crippen LogP contribution is -2.32. The number of nitrogens with zero attached hydrogens (tertiary/aromatic N) is 1. The van der Waals surface area contributed by atoms with Gasteiger partial charge in [-0.05, 0) is 61.4 Å². The van der Waals surface area contributed by atoms with Crippen LogP contribution in [0, 0.1) is 6.92 Å². The number of nitrogens with one attached hydrogen (secondary N) is 2. The van der Waals surface area contributed by atoms with Gasteiger partial charge in [0, 0.05) is 24.3 Å². The number of benzene rings is 1. The van der Waals surface area contributed by atoms with Crippen LogP contribution in [0.5, 0.6) is 0 Å². The summed E-state index contributed by atoms with van der Waals surface area (Å²) in [5, 5.41) is 10.3. The van der Waals surface area contributed by atoms with Crippen LogP contribution >= 0.6 is 0 Å². The molecule has 1 aliphatic carbocycles. The second kappa shape index (κ2) is 5.81. The predicted octanol–water partition coefficient (Wildman–Crippen LogP) is 2.39. The Bertz CT molecular complexity index is 745. The Balaban J connectivity index is 1.57. The van der Waals surface area contributed by atoms with Gasteiger partial charge in [0.1, 0.15) is 0 Å². The molecular weight excluding hydrogens is 290 g/mol. The summed E-state index contributed by atoms with van der Waals surface area (Å²) in [6.07, 6.45) is 6.12. The van der Waals surface area contributed by atoms with Crippen molar-refractivity contribution in [1.29, 1.82) is 0 Å². The smallest absolute Gasteiger partial charge is 0.251 e. The van der Waals surface area contributed by atoms with E-state index in [4.69, 9.17) is 4.74 Å². The lowest BCUT2D eigenvalue weighted by molar-refractivity contribution is 0.0857. The standard InChI is InChI=1S/C18H21N3O2/c1-11-7-14(18(22)19-10-15-3-2-6-23-15)8-12-4-5-13-9-20-21-17(13)16(11)12/h7-9,15H,2-6,10H2,1H3,(H,19,22)(H,20,21)/t15-/m0/s1. The van der Waals surface area contributed by atoms with Crippen LogP contribution in [0.25, 0.3) is 11.3 Å². The van der Waals surface area contributed by atoms with Crippen LogP contribution in [0.2, 0.25) is 0 Å². The molecule has 1 aromatic heterocycles. The summed E-state index contributed by atoms with van der Waals surface area (Å²) in [7, 11) is 0. The van der Waals surface area contributed by atoms with Crippen LogP contribution in [-0.4, -0.2) is 35.4 Å². The molecule has 0 radical (unpaired) electrons. The summed E-state index contributed by atoms with van der Waals surface area (Å²) >= 11 is 0. The molecule has 0 spiro atoms. The summed E-state index contributed by atoms with van der Waals surface area (Å²) in [6, 6.07) is 4.00. The van der Waals surface area contributed by atoms with E-state index < -0.39 is 0 Å². The second-order valence-electron chi connectivity index (χ2n) is 6.44. The third-order valence-corrected chi connectivity index (χ3v) is 4.83. The van der Waals surface area contributed by atoms with E-state index in [1.165, 1.54) is 16.7 Å². The van der Waals surface area contributed by atoms with Gasteiger partial charge in [-0.15, -0.1) is 0 Å². The molecule has 1 amide bonds. The number of fused-ring (bicyclic) bond motifs is 3. The average Bonchev–Trinajstić information content (AvgIpc) is 3.23. The summed E-state index contributed by atoms with van der Waals surface area (Å²) in [4.78, 5) is 12.4. The van der Waals surface area contributed by atoms with Crippen molar-refractivity contribution in [2.75, 3.05) is 13.2 Å². The van der Waals surface area contributed by atoms with Crippen LogP contribution in [0.15, 0.2) is 18.3 Å². The molecule has 0 saturated carbocycles. The van der Waals surface area contributed by atoms with Gasteiger partial charge < -0.3 is 10.1 Å². The third kappa shape index (κ3) is 2.65. The van der Waals surface area contributed by atoms with Crippen molar-refractivity contribution < 1.29 is 9.53 Å². The largest absolute Gasteiger partial charge is 0.376 e. The zero-order valence-corrected chi connectivity index (χ0v) is 13.3. The fourth-order valence-corrected chi connectivity index (χ4v) is 3.65. The summed E-state index contributed by atoms with van der Waals surface area (Å²) in [6.45, 7) is 3.47. The number of carbonyl (C=O) groups excluding carboxylic acids is 1. The maximum Gasteiger partial charge on any atom is 0.251 e. The molecule has 4 rings (SSSR count). The zero-order valence-electron chi connectivity index (χ0n) is 13.3. The van der Waals surface area contributed by atoms with Crippen LogP contribution in [0.4, 0.5) is 0 Å². The van der Waals surface area contributed by atoms with E-state index in [9.17, 15) is 4.79 Å². The summed E-state index contributed by atoms with van der Waals surface area (Å²) in [5.74, 6) is -0.0122. The molecule has 5 heteroatoms. The summed E-state index contributed by atoms with van der Waals surface area (Å²) < 4.78 is 5.56. The Morgan fingerprint density at radius 2 is 2.26 bits per heavy atom. The van der Waals surface area contributed by atoms with E-state index in [2.05, 4.69) is 22.4 Å². The van der Waals surface area contributed by atoms with Gasteiger partial charge in [0.2, 0.25) is 0 Å². The number of hydrogen-bond acceptors (Lipinski definition) is 3. The Morgan fingerprint density at radius 1 is 1.39 bits per heavy atom. The lowest BCUT2D eigenvalue weighted by atomic mass is 9.86. The predicted molar refractivity (Wildman–Crippen MR) is 87.5 cm³/mol. The summed E-state index contributed by atoms with van der Waals surface area (Å²) in [5.41, 5.74) is 6.66. The third-order valence-electron chi connectivity index (χ3n) is 4.83. The highest BCUT2D eigenvalue weighted by Crippen LogP contribution is 2.35. The van der Waals surface area contributed by atoms with Crippen LogP contribution in [0.1, 0.15) is 39.9 Å². The second-order valence-corrected chi connectivity index (χ2v) is 6.44. The van der Waals surface area contributed by atoms with Crippen LogP contribution in [-0.2, 0) is 17.6 Å². The van der Waals surface area contributed by atoms with Gasteiger partial charge in [-0.25, -0.2) is 0 Å². The van der Waals surface area contributed by atoms with Crippen molar-refractivity contribution in [2.24, 2.45) is 0 Å². The Morgan fingerprint density at radius 3 is 3.09 bits per heavy atom. The maximum atomic E-state index is 12.4. The number of aromatic amines is 1. The molecule has 2 heterocycles. The van der Waals surface area contributed by atoms with Gasteiger partial charge in [0.15, 0.2) is 0 Å². The molecule has 120 valence electrons. The topological polar surface area (TPSA) is 67.0 Å². The number of ether oxygens (including phenoxy) is 1.